The number of hydrogen-bond acceptors (Lipinski definition) is 3. The third-order valence-corrected chi connectivity index (χ3v) is 3.46. The molecule has 0 aliphatic carbocycles. The minimum atomic E-state index is 0.461. The maximum absolute atomic E-state index is 9.83. The van der Waals surface area contributed by atoms with Crippen LogP contribution in [0.1, 0.15) is 31.4 Å². The van der Waals surface area contributed by atoms with E-state index in [1.165, 1.54) is 6.47 Å². The highest BCUT2D eigenvalue weighted by atomic mass is 35.5. The average Bonchev–Trinajstić information content (AvgIpc) is 2.83. The molecule has 0 saturated heterocycles. The Kier molecular flexibility index (Phi) is 5.28. The molecule has 1 aromatic heterocycles. The van der Waals surface area contributed by atoms with Gasteiger partial charge in [-0.05, 0) is 18.9 Å². The number of aryl methyl sites for hydroxylation is 1. The van der Waals surface area contributed by atoms with Crippen molar-refractivity contribution in [3.8, 4) is 0 Å². The van der Waals surface area contributed by atoms with Crippen molar-refractivity contribution < 1.29 is 13.9 Å². The van der Waals surface area contributed by atoms with E-state index in [9.17, 15) is 4.79 Å². The number of furan rings is 1. The molecule has 2 aromatic rings. The van der Waals surface area contributed by atoms with E-state index in [-0.39, 0.29) is 0 Å². The minimum absolute atomic E-state index is 0.461. The molecule has 0 aliphatic rings. The summed E-state index contributed by atoms with van der Waals surface area (Å²) in [5, 5.41) is 2.82. The lowest BCUT2D eigenvalue weighted by atomic mass is 10.1. The number of carbonyl (C=O) groups excluding carboxylic acids is 1. The van der Waals surface area contributed by atoms with Gasteiger partial charge < -0.3 is 9.15 Å². The Labute approximate surface area is 117 Å². The standard InChI is InChI=1S/C15H16ClO3/c16-14-7-5-6-12-13(14)10-19-15(12)8-3-1-2-4-9-18-11-17/h5-7,10H,1-4,8-9H2. The van der Waals surface area contributed by atoms with E-state index < -0.39 is 0 Å². The summed E-state index contributed by atoms with van der Waals surface area (Å²) in [5.41, 5.74) is 0. The highest BCUT2D eigenvalue weighted by Crippen LogP contribution is 2.28. The molecular formula is C15H16ClO3. The number of hydrogen-bond donors (Lipinski definition) is 0. The van der Waals surface area contributed by atoms with Crippen LogP contribution in [0.15, 0.2) is 28.9 Å². The largest absolute Gasteiger partial charge is 0.468 e. The molecule has 1 heterocycles. The Balaban J connectivity index is 1.79. The van der Waals surface area contributed by atoms with Crippen LogP contribution < -0.4 is 0 Å². The summed E-state index contributed by atoms with van der Waals surface area (Å²) in [6.07, 6.45) is 6.71. The van der Waals surface area contributed by atoms with Gasteiger partial charge in [0.05, 0.1) is 11.6 Å². The molecule has 0 aliphatic heterocycles. The van der Waals surface area contributed by atoms with Crippen molar-refractivity contribution in [1.29, 1.82) is 0 Å². The lowest BCUT2D eigenvalue weighted by Gasteiger charge is -2.00. The summed E-state index contributed by atoms with van der Waals surface area (Å²) in [6.45, 7) is 1.89. The number of halogens is 1. The summed E-state index contributed by atoms with van der Waals surface area (Å²) in [5.74, 6) is 0.995. The SMILES string of the molecule is O=[C]OCCCCCCc1occ2c(Cl)cccc12. The summed E-state index contributed by atoms with van der Waals surface area (Å²) in [4.78, 5) is 9.83. The molecule has 0 spiro atoms. The second kappa shape index (κ2) is 7.19. The lowest BCUT2D eigenvalue weighted by molar-refractivity contribution is 0.268. The molecule has 0 unspecified atom stereocenters. The number of rotatable bonds is 8. The Bertz CT molecular complexity index is 533. The summed E-state index contributed by atoms with van der Waals surface area (Å²) in [6, 6.07) is 5.85. The molecule has 4 heteroatoms. The zero-order valence-electron chi connectivity index (χ0n) is 10.7. The lowest BCUT2D eigenvalue weighted by Crippen LogP contribution is -1.92. The van der Waals surface area contributed by atoms with Crippen LogP contribution >= 0.6 is 11.6 Å². The van der Waals surface area contributed by atoms with Crippen molar-refractivity contribution in [3.63, 3.8) is 0 Å². The minimum Gasteiger partial charge on any atom is -0.468 e. The topological polar surface area (TPSA) is 39.4 Å². The summed E-state index contributed by atoms with van der Waals surface area (Å²) >= 11 is 6.10. The Hall–Kier alpha value is -1.48. The fourth-order valence-electron chi connectivity index (χ4n) is 2.14. The van der Waals surface area contributed by atoms with E-state index in [0.717, 1.165) is 53.7 Å². The molecule has 0 amide bonds. The van der Waals surface area contributed by atoms with Crippen LogP contribution in [-0.4, -0.2) is 13.1 Å². The van der Waals surface area contributed by atoms with Gasteiger partial charge in [0.25, 0.3) is 0 Å². The quantitative estimate of drug-likeness (QED) is 0.677. The average molecular weight is 280 g/mol. The van der Waals surface area contributed by atoms with E-state index in [0.29, 0.717) is 6.61 Å². The zero-order valence-corrected chi connectivity index (χ0v) is 11.4. The highest BCUT2D eigenvalue weighted by molar-refractivity contribution is 6.35. The van der Waals surface area contributed by atoms with Gasteiger partial charge >= 0.3 is 6.47 Å². The molecule has 1 aromatic carbocycles. The molecule has 0 bridgehead atoms. The number of unbranched alkanes of at least 4 members (excludes halogenated alkanes) is 3. The van der Waals surface area contributed by atoms with Gasteiger partial charge in [-0.3, -0.25) is 0 Å². The van der Waals surface area contributed by atoms with Gasteiger partial charge in [0.15, 0.2) is 0 Å². The Morgan fingerprint density at radius 2 is 2.00 bits per heavy atom. The van der Waals surface area contributed by atoms with E-state index in [2.05, 4.69) is 4.74 Å². The first-order valence-corrected chi connectivity index (χ1v) is 6.84. The number of fused-ring (bicyclic) bond motifs is 1. The van der Waals surface area contributed by atoms with E-state index in [4.69, 9.17) is 16.0 Å². The van der Waals surface area contributed by atoms with E-state index in [1.54, 1.807) is 6.26 Å². The number of ether oxygens (including phenoxy) is 1. The van der Waals surface area contributed by atoms with Crippen LogP contribution in [-0.2, 0) is 16.0 Å². The zero-order chi connectivity index (χ0) is 13.5. The summed E-state index contributed by atoms with van der Waals surface area (Å²) in [7, 11) is 0. The first-order valence-electron chi connectivity index (χ1n) is 6.46. The molecule has 1 radical (unpaired) electrons. The van der Waals surface area contributed by atoms with E-state index in [1.807, 2.05) is 18.2 Å². The second-order valence-corrected chi connectivity index (χ2v) is 4.86. The maximum Gasteiger partial charge on any atom is 0.417 e. The molecule has 101 valence electrons. The molecule has 0 N–H and O–H groups in total. The number of benzene rings is 1. The highest BCUT2D eigenvalue weighted by Gasteiger charge is 2.07. The Morgan fingerprint density at radius 3 is 2.84 bits per heavy atom. The second-order valence-electron chi connectivity index (χ2n) is 4.46. The van der Waals surface area contributed by atoms with Gasteiger partial charge in [-0.25, -0.2) is 4.79 Å². The van der Waals surface area contributed by atoms with Crippen LogP contribution in [0.25, 0.3) is 10.8 Å². The van der Waals surface area contributed by atoms with Gasteiger partial charge in [-0.15, -0.1) is 0 Å². The third kappa shape index (κ3) is 3.74. The predicted molar refractivity (Wildman–Crippen MR) is 75.0 cm³/mol. The van der Waals surface area contributed by atoms with Crippen molar-refractivity contribution in [2.24, 2.45) is 0 Å². The monoisotopic (exact) mass is 279 g/mol. The van der Waals surface area contributed by atoms with Crippen LogP contribution in [0.3, 0.4) is 0 Å². The van der Waals surface area contributed by atoms with Crippen LogP contribution in [0.5, 0.6) is 0 Å². The first kappa shape index (κ1) is 13.9. The van der Waals surface area contributed by atoms with Gasteiger partial charge in [0, 0.05) is 17.2 Å². The van der Waals surface area contributed by atoms with Crippen molar-refractivity contribution in [1.82, 2.24) is 0 Å². The van der Waals surface area contributed by atoms with Crippen LogP contribution in [0.4, 0.5) is 0 Å². The van der Waals surface area contributed by atoms with E-state index >= 15 is 0 Å². The third-order valence-electron chi connectivity index (χ3n) is 3.13. The molecule has 19 heavy (non-hydrogen) atoms. The fraction of sp³-hybridized carbons (Fsp3) is 0.400. The molecule has 0 saturated carbocycles. The van der Waals surface area contributed by atoms with Gasteiger partial charge in [-0.2, -0.15) is 0 Å². The maximum atomic E-state index is 9.83. The fourth-order valence-corrected chi connectivity index (χ4v) is 2.36. The molecule has 3 nitrogen and oxygen atoms in total. The van der Waals surface area contributed by atoms with Gasteiger partial charge in [0.2, 0.25) is 0 Å². The van der Waals surface area contributed by atoms with Gasteiger partial charge in [0.1, 0.15) is 12.0 Å². The van der Waals surface area contributed by atoms with Crippen LogP contribution in [0.2, 0.25) is 5.02 Å². The smallest absolute Gasteiger partial charge is 0.417 e. The normalized spacial score (nSPS) is 10.8. The van der Waals surface area contributed by atoms with Crippen LogP contribution in [0, 0.1) is 0 Å². The molecule has 2 rings (SSSR count). The van der Waals surface area contributed by atoms with Crippen molar-refractivity contribution >= 4 is 28.8 Å². The summed E-state index contributed by atoms with van der Waals surface area (Å²) < 4.78 is 10.1. The Morgan fingerprint density at radius 1 is 1.16 bits per heavy atom. The van der Waals surface area contributed by atoms with Crippen molar-refractivity contribution in [2.75, 3.05) is 6.61 Å². The predicted octanol–water partition coefficient (Wildman–Crippen LogP) is 4.27. The van der Waals surface area contributed by atoms with Crippen molar-refractivity contribution in [3.05, 3.63) is 35.2 Å². The molecular weight excluding hydrogens is 264 g/mol. The first-order chi connectivity index (χ1) is 9.33. The molecule has 0 atom stereocenters. The van der Waals surface area contributed by atoms with Gasteiger partial charge in [-0.1, -0.05) is 36.6 Å². The van der Waals surface area contributed by atoms with Crippen molar-refractivity contribution in [2.45, 2.75) is 32.1 Å². The molecule has 0 fully saturated rings.